The maximum atomic E-state index is 12.9. The van der Waals surface area contributed by atoms with Gasteiger partial charge in [0.2, 0.25) is 0 Å². The summed E-state index contributed by atoms with van der Waals surface area (Å²) in [4.78, 5) is 17.3. The second-order valence-electron chi connectivity index (χ2n) is 7.30. The molecule has 2 saturated heterocycles. The molecular formula is C22H27N3O2. The van der Waals surface area contributed by atoms with Crippen LogP contribution in [0.3, 0.4) is 0 Å². The van der Waals surface area contributed by atoms with Crippen LogP contribution in [0, 0.1) is 0 Å². The maximum absolute atomic E-state index is 12.9. The Bertz CT molecular complexity index is 784. The lowest BCUT2D eigenvalue weighted by Gasteiger charge is -2.26. The molecule has 0 bridgehead atoms. The fourth-order valence-corrected chi connectivity index (χ4v) is 4.13. The molecule has 2 amide bonds. The van der Waals surface area contributed by atoms with Crippen LogP contribution in [0.4, 0.5) is 16.2 Å². The van der Waals surface area contributed by atoms with E-state index in [-0.39, 0.29) is 12.1 Å². The fourth-order valence-electron chi connectivity index (χ4n) is 4.13. The van der Waals surface area contributed by atoms with E-state index in [0.29, 0.717) is 0 Å². The summed E-state index contributed by atoms with van der Waals surface area (Å²) in [5.41, 5.74) is 3.22. The van der Waals surface area contributed by atoms with Crippen LogP contribution in [0.5, 0.6) is 5.75 Å². The first-order valence-corrected chi connectivity index (χ1v) is 9.81. The molecule has 1 unspecified atom stereocenters. The minimum absolute atomic E-state index is 0.0214. The molecule has 1 N–H and O–H groups in total. The number of carbonyl (C=O) groups excluding carboxylic acids is 1. The number of likely N-dealkylation sites (tertiary alicyclic amines) is 1. The van der Waals surface area contributed by atoms with Crippen molar-refractivity contribution in [3.05, 3.63) is 54.1 Å². The Hall–Kier alpha value is -2.69. The highest BCUT2D eigenvalue weighted by Crippen LogP contribution is 2.33. The van der Waals surface area contributed by atoms with Gasteiger partial charge in [-0.15, -0.1) is 0 Å². The Labute approximate surface area is 160 Å². The van der Waals surface area contributed by atoms with Crippen molar-refractivity contribution in [2.24, 2.45) is 0 Å². The Morgan fingerprint density at radius 2 is 1.81 bits per heavy atom. The predicted octanol–water partition coefficient (Wildman–Crippen LogP) is 4.66. The van der Waals surface area contributed by atoms with Gasteiger partial charge in [0.25, 0.3) is 0 Å². The zero-order chi connectivity index (χ0) is 18.6. The predicted molar refractivity (Wildman–Crippen MR) is 109 cm³/mol. The highest BCUT2D eigenvalue weighted by Gasteiger charge is 2.30. The summed E-state index contributed by atoms with van der Waals surface area (Å²) < 4.78 is 5.24. The molecule has 2 fully saturated rings. The summed E-state index contributed by atoms with van der Waals surface area (Å²) in [6, 6.07) is 16.3. The van der Waals surface area contributed by atoms with E-state index in [1.165, 1.54) is 18.5 Å². The van der Waals surface area contributed by atoms with Gasteiger partial charge in [0, 0.05) is 31.0 Å². The third kappa shape index (κ3) is 3.87. The number of ether oxygens (including phenoxy) is 1. The average molecular weight is 365 g/mol. The SMILES string of the molecule is COc1ccc(C2CCCN2C(=O)Nc2cccc(N3CCCC3)c2)cc1. The van der Waals surface area contributed by atoms with Crippen LogP contribution in [0.2, 0.25) is 0 Å². The van der Waals surface area contributed by atoms with Gasteiger partial charge in [-0.25, -0.2) is 4.79 Å². The minimum atomic E-state index is -0.0214. The van der Waals surface area contributed by atoms with Gasteiger partial charge in [-0.2, -0.15) is 0 Å². The lowest BCUT2D eigenvalue weighted by atomic mass is 10.0. The standard InChI is InChI=1S/C22H27N3O2/c1-27-20-11-9-17(10-12-20)21-8-5-15-25(21)22(26)23-18-6-4-7-19(16-18)24-13-2-3-14-24/h4,6-7,9-12,16,21H,2-3,5,8,13-15H2,1H3,(H,23,26). The van der Waals surface area contributed by atoms with Gasteiger partial charge in [-0.3, -0.25) is 0 Å². The van der Waals surface area contributed by atoms with Crippen LogP contribution >= 0.6 is 0 Å². The Kier molecular flexibility index (Phi) is 5.19. The van der Waals surface area contributed by atoms with E-state index in [1.807, 2.05) is 29.2 Å². The number of hydrogen-bond donors (Lipinski definition) is 1. The molecule has 2 aromatic rings. The van der Waals surface area contributed by atoms with Crippen LogP contribution in [0.15, 0.2) is 48.5 Å². The van der Waals surface area contributed by atoms with Crippen molar-refractivity contribution in [1.29, 1.82) is 0 Å². The van der Waals surface area contributed by atoms with E-state index in [4.69, 9.17) is 4.74 Å². The molecule has 2 aliphatic heterocycles. The topological polar surface area (TPSA) is 44.8 Å². The normalized spacial score (nSPS) is 19.4. The van der Waals surface area contributed by atoms with Crippen LogP contribution < -0.4 is 15.0 Å². The highest BCUT2D eigenvalue weighted by atomic mass is 16.5. The molecular weight excluding hydrogens is 338 g/mol. The van der Waals surface area contributed by atoms with E-state index in [1.54, 1.807) is 7.11 Å². The number of nitrogens with zero attached hydrogens (tertiary/aromatic N) is 2. The van der Waals surface area contributed by atoms with Crippen molar-refractivity contribution in [3.63, 3.8) is 0 Å². The van der Waals surface area contributed by atoms with Crippen LogP contribution in [-0.4, -0.2) is 37.7 Å². The number of benzene rings is 2. The molecule has 0 saturated carbocycles. The lowest BCUT2D eigenvalue weighted by molar-refractivity contribution is 0.207. The third-order valence-corrected chi connectivity index (χ3v) is 5.58. The van der Waals surface area contributed by atoms with Gasteiger partial charge in [-0.1, -0.05) is 18.2 Å². The highest BCUT2D eigenvalue weighted by molar-refractivity contribution is 5.90. The second-order valence-corrected chi connectivity index (χ2v) is 7.30. The van der Waals surface area contributed by atoms with Gasteiger partial charge in [0.1, 0.15) is 5.75 Å². The van der Waals surface area contributed by atoms with Gasteiger partial charge >= 0.3 is 6.03 Å². The Morgan fingerprint density at radius 3 is 2.56 bits per heavy atom. The van der Waals surface area contributed by atoms with E-state index in [0.717, 1.165) is 49.5 Å². The number of nitrogens with one attached hydrogen (secondary N) is 1. The molecule has 1 atom stereocenters. The number of amides is 2. The molecule has 5 nitrogen and oxygen atoms in total. The monoisotopic (exact) mass is 365 g/mol. The first-order chi connectivity index (χ1) is 13.2. The number of methoxy groups -OCH3 is 1. The van der Waals surface area contributed by atoms with Crippen LogP contribution in [-0.2, 0) is 0 Å². The second kappa shape index (κ2) is 7.91. The quantitative estimate of drug-likeness (QED) is 0.857. The van der Waals surface area contributed by atoms with Gasteiger partial charge in [0.05, 0.1) is 13.2 Å². The van der Waals surface area contributed by atoms with Crippen LogP contribution in [0.25, 0.3) is 0 Å². The van der Waals surface area contributed by atoms with Gasteiger partial charge in [-0.05, 0) is 61.6 Å². The maximum Gasteiger partial charge on any atom is 0.322 e. The number of hydrogen-bond acceptors (Lipinski definition) is 3. The van der Waals surface area contributed by atoms with E-state index in [9.17, 15) is 4.79 Å². The molecule has 5 heteroatoms. The smallest absolute Gasteiger partial charge is 0.322 e. The Morgan fingerprint density at radius 1 is 1.04 bits per heavy atom. The van der Waals surface area contributed by atoms with E-state index in [2.05, 4.69) is 34.5 Å². The van der Waals surface area contributed by atoms with E-state index >= 15 is 0 Å². The summed E-state index contributed by atoms with van der Waals surface area (Å²) in [6.07, 6.45) is 4.51. The average Bonchev–Trinajstić information content (AvgIpc) is 3.40. The van der Waals surface area contributed by atoms with Crippen LogP contribution in [0.1, 0.15) is 37.3 Å². The zero-order valence-electron chi connectivity index (χ0n) is 15.9. The summed E-state index contributed by atoms with van der Waals surface area (Å²) >= 11 is 0. The fraction of sp³-hybridized carbons (Fsp3) is 0.409. The van der Waals surface area contributed by atoms with Gasteiger partial charge < -0.3 is 19.9 Å². The van der Waals surface area contributed by atoms with Crippen molar-refractivity contribution < 1.29 is 9.53 Å². The molecule has 142 valence electrons. The molecule has 2 heterocycles. The van der Waals surface area contributed by atoms with Crippen molar-refractivity contribution in [1.82, 2.24) is 4.90 Å². The molecule has 0 aliphatic carbocycles. The lowest BCUT2D eigenvalue weighted by Crippen LogP contribution is -2.34. The summed E-state index contributed by atoms with van der Waals surface area (Å²) in [5, 5.41) is 3.11. The minimum Gasteiger partial charge on any atom is -0.497 e. The van der Waals surface area contributed by atoms with Crippen molar-refractivity contribution in [2.45, 2.75) is 31.7 Å². The molecule has 27 heavy (non-hydrogen) atoms. The Balaban J connectivity index is 1.46. The summed E-state index contributed by atoms with van der Waals surface area (Å²) in [6.45, 7) is 2.99. The number of rotatable bonds is 4. The molecule has 0 spiro atoms. The molecule has 4 rings (SSSR count). The molecule has 2 aliphatic rings. The summed E-state index contributed by atoms with van der Waals surface area (Å²) in [5.74, 6) is 0.839. The number of urea groups is 1. The number of carbonyl (C=O) groups is 1. The number of anilines is 2. The zero-order valence-corrected chi connectivity index (χ0v) is 15.9. The van der Waals surface area contributed by atoms with E-state index < -0.39 is 0 Å². The molecule has 0 aromatic heterocycles. The third-order valence-electron chi connectivity index (χ3n) is 5.58. The van der Waals surface area contributed by atoms with Gasteiger partial charge in [0.15, 0.2) is 0 Å². The van der Waals surface area contributed by atoms with Crippen molar-refractivity contribution in [3.8, 4) is 5.75 Å². The largest absolute Gasteiger partial charge is 0.497 e. The first-order valence-electron chi connectivity index (χ1n) is 9.81. The molecule has 0 radical (unpaired) electrons. The van der Waals surface area contributed by atoms with Crippen molar-refractivity contribution >= 4 is 17.4 Å². The summed E-state index contributed by atoms with van der Waals surface area (Å²) in [7, 11) is 1.67. The first kappa shape index (κ1) is 17.7. The van der Waals surface area contributed by atoms with Crippen molar-refractivity contribution in [2.75, 3.05) is 37.0 Å². The molecule has 2 aromatic carbocycles.